The molecule has 0 spiro atoms. The number of nitro groups is 1. The van der Waals surface area contributed by atoms with E-state index >= 15 is 0 Å². The van der Waals surface area contributed by atoms with Crippen molar-refractivity contribution in [3.05, 3.63) is 63.7 Å². The smallest absolute Gasteiger partial charge is 0.341 e. The summed E-state index contributed by atoms with van der Waals surface area (Å²) in [5.41, 5.74) is 1.21. The normalized spacial score (nSPS) is 10.1. The fourth-order valence-electron chi connectivity index (χ4n) is 2.04. The third-order valence-corrected chi connectivity index (χ3v) is 3.18. The van der Waals surface area contributed by atoms with Crippen molar-refractivity contribution in [3.8, 4) is 11.5 Å². The van der Waals surface area contributed by atoms with Crippen molar-refractivity contribution in [3.63, 3.8) is 0 Å². The summed E-state index contributed by atoms with van der Waals surface area (Å²) in [5.74, 6) is 0.299. The molecule has 24 heavy (non-hydrogen) atoms. The summed E-state index contributed by atoms with van der Waals surface area (Å²) in [5, 5.41) is 10.7. The number of ether oxygens (including phenoxy) is 3. The molecule has 0 amide bonds. The molecule has 0 saturated heterocycles. The quantitative estimate of drug-likeness (QED) is 0.335. The van der Waals surface area contributed by atoms with Gasteiger partial charge >= 0.3 is 5.97 Å². The van der Waals surface area contributed by atoms with Crippen LogP contribution in [0.1, 0.15) is 15.9 Å². The molecule has 2 aromatic carbocycles. The molecule has 0 fully saturated rings. The Balaban J connectivity index is 1.94. The monoisotopic (exact) mass is 331 g/mol. The van der Waals surface area contributed by atoms with E-state index in [1.54, 1.807) is 24.3 Å². The summed E-state index contributed by atoms with van der Waals surface area (Å²) in [6.07, 6.45) is 0. The number of carbonyl (C=O) groups excluding carboxylic acids is 1. The van der Waals surface area contributed by atoms with Crippen molar-refractivity contribution in [1.82, 2.24) is 0 Å². The van der Waals surface area contributed by atoms with Gasteiger partial charge < -0.3 is 14.2 Å². The van der Waals surface area contributed by atoms with Gasteiger partial charge in [0, 0.05) is 6.07 Å². The van der Waals surface area contributed by atoms with Crippen molar-refractivity contribution in [2.75, 3.05) is 20.3 Å². The van der Waals surface area contributed by atoms with Crippen LogP contribution in [0.25, 0.3) is 0 Å². The Morgan fingerprint density at radius 2 is 1.88 bits per heavy atom. The van der Waals surface area contributed by atoms with E-state index in [0.29, 0.717) is 17.1 Å². The number of carbonyl (C=O) groups is 1. The molecule has 0 aromatic heterocycles. The first-order chi connectivity index (χ1) is 11.5. The zero-order valence-electron chi connectivity index (χ0n) is 13.4. The second-order valence-electron chi connectivity index (χ2n) is 4.94. The van der Waals surface area contributed by atoms with Crippen molar-refractivity contribution in [1.29, 1.82) is 0 Å². The first-order valence-corrected chi connectivity index (χ1v) is 7.20. The molecule has 7 nitrogen and oxygen atoms in total. The average molecular weight is 331 g/mol. The van der Waals surface area contributed by atoms with Crippen LogP contribution in [-0.4, -0.2) is 31.2 Å². The van der Waals surface area contributed by atoms with Crippen molar-refractivity contribution >= 4 is 11.7 Å². The molecule has 0 unspecified atom stereocenters. The minimum Gasteiger partial charge on any atom is -0.490 e. The predicted octanol–water partition coefficient (Wildman–Crippen LogP) is 3.15. The Hall–Kier alpha value is -3.09. The summed E-state index contributed by atoms with van der Waals surface area (Å²) >= 11 is 0. The molecule has 0 aliphatic heterocycles. The number of nitro benzene ring substituents is 1. The minimum atomic E-state index is -0.488. The van der Waals surface area contributed by atoms with Gasteiger partial charge in [-0.15, -0.1) is 0 Å². The van der Waals surface area contributed by atoms with Crippen LogP contribution < -0.4 is 9.47 Å². The highest BCUT2D eigenvalue weighted by Crippen LogP contribution is 2.22. The molecule has 0 atom stereocenters. The molecule has 2 rings (SSSR count). The van der Waals surface area contributed by atoms with Crippen molar-refractivity contribution in [2.45, 2.75) is 6.92 Å². The van der Waals surface area contributed by atoms with Crippen LogP contribution in [0.4, 0.5) is 5.69 Å². The molecular formula is C17H17NO6. The van der Waals surface area contributed by atoms with Gasteiger partial charge in [0.05, 0.1) is 18.1 Å². The standard InChI is InChI=1S/C17H17NO6/c1-12-6-7-16(15(10-12)17(19)22-2)24-9-8-23-14-5-3-4-13(11-14)18(20)21/h3-7,10-11H,8-9H2,1-2H3. The molecule has 0 N–H and O–H groups in total. The number of non-ortho nitro benzene ring substituents is 1. The second kappa shape index (κ2) is 7.96. The minimum absolute atomic E-state index is 0.0417. The summed E-state index contributed by atoms with van der Waals surface area (Å²) in [6, 6.07) is 11.1. The third-order valence-electron chi connectivity index (χ3n) is 3.18. The van der Waals surface area contributed by atoms with Gasteiger partial charge in [-0.2, -0.15) is 0 Å². The predicted molar refractivity (Wildman–Crippen MR) is 86.6 cm³/mol. The Kier molecular flexibility index (Phi) is 5.73. The molecular weight excluding hydrogens is 314 g/mol. The van der Waals surface area contributed by atoms with Gasteiger partial charge in [-0.1, -0.05) is 17.7 Å². The van der Waals surface area contributed by atoms with Gasteiger partial charge in [0.25, 0.3) is 5.69 Å². The number of methoxy groups -OCH3 is 1. The fourth-order valence-corrected chi connectivity index (χ4v) is 2.04. The van der Waals surface area contributed by atoms with E-state index in [0.717, 1.165) is 5.56 Å². The largest absolute Gasteiger partial charge is 0.490 e. The van der Waals surface area contributed by atoms with Crippen molar-refractivity contribution < 1.29 is 23.9 Å². The topological polar surface area (TPSA) is 87.9 Å². The van der Waals surface area contributed by atoms with Crippen molar-refractivity contribution in [2.24, 2.45) is 0 Å². The maximum absolute atomic E-state index is 11.7. The van der Waals surface area contributed by atoms with E-state index in [4.69, 9.17) is 14.2 Å². The Morgan fingerprint density at radius 1 is 1.12 bits per heavy atom. The van der Waals surface area contributed by atoms with Crippen LogP contribution in [0.15, 0.2) is 42.5 Å². The van der Waals surface area contributed by atoms with Gasteiger partial charge in [0.15, 0.2) is 0 Å². The number of hydrogen-bond donors (Lipinski definition) is 0. The summed E-state index contributed by atoms with van der Waals surface area (Å²) in [6.45, 7) is 2.22. The number of benzene rings is 2. The van der Waals surface area contributed by atoms with E-state index in [9.17, 15) is 14.9 Å². The first kappa shape index (κ1) is 17.3. The first-order valence-electron chi connectivity index (χ1n) is 7.20. The molecule has 0 saturated carbocycles. The zero-order valence-corrected chi connectivity index (χ0v) is 13.4. The summed E-state index contributed by atoms with van der Waals surface area (Å²) in [7, 11) is 1.31. The molecule has 0 aliphatic carbocycles. The molecule has 0 aliphatic rings. The van der Waals surface area contributed by atoms with Gasteiger partial charge in [0.2, 0.25) is 0 Å². The molecule has 0 heterocycles. The van der Waals surface area contributed by atoms with E-state index in [1.165, 1.54) is 19.2 Å². The number of esters is 1. The average Bonchev–Trinajstić information content (AvgIpc) is 2.59. The van der Waals surface area contributed by atoms with Gasteiger partial charge in [-0.05, 0) is 25.1 Å². The fraction of sp³-hybridized carbons (Fsp3) is 0.235. The van der Waals surface area contributed by atoms with E-state index in [2.05, 4.69) is 0 Å². The number of nitrogens with zero attached hydrogens (tertiary/aromatic N) is 1. The van der Waals surface area contributed by atoms with E-state index in [1.807, 2.05) is 13.0 Å². The lowest BCUT2D eigenvalue weighted by atomic mass is 10.1. The van der Waals surface area contributed by atoms with Crippen LogP contribution in [0.3, 0.4) is 0 Å². The summed E-state index contributed by atoms with van der Waals surface area (Å²) < 4.78 is 15.7. The lowest BCUT2D eigenvalue weighted by Gasteiger charge is -2.11. The van der Waals surface area contributed by atoms with Crippen LogP contribution in [0.5, 0.6) is 11.5 Å². The molecule has 2 aromatic rings. The maximum atomic E-state index is 11.7. The second-order valence-corrected chi connectivity index (χ2v) is 4.94. The van der Waals surface area contributed by atoms with Crippen LogP contribution >= 0.6 is 0 Å². The molecule has 0 radical (unpaired) electrons. The molecule has 126 valence electrons. The molecule has 0 bridgehead atoms. The van der Waals surface area contributed by atoms with Gasteiger partial charge in [0.1, 0.15) is 30.3 Å². The highest BCUT2D eigenvalue weighted by Gasteiger charge is 2.13. The van der Waals surface area contributed by atoms with E-state index < -0.39 is 10.9 Å². The Bertz CT molecular complexity index is 744. The zero-order chi connectivity index (χ0) is 17.5. The Morgan fingerprint density at radius 3 is 2.58 bits per heavy atom. The lowest BCUT2D eigenvalue weighted by molar-refractivity contribution is -0.384. The van der Waals surface area contributed by atoms with E-state index in [-0.39, 0.29) is 18.9 Å². The van der Waals surface area contributed by atoms with Crippen LogP contribution in [0.2, 0.25) is 0 Å². The van der Waals surface area contributed by atoms with Gasteiger partial charge in [-0.25, -0.2) is 4.79 Å². The highest BCUT2D eigenvalue weighted by atomic mass is 16.6. The lowest BCUT2D eigenvalue weighted by Crippen LogP contribution is -2.12. The Labute approximate surface area is 138 Å². The van der Waals surface area contributed by atoms with Crippen LogP contribution in [-0.2, 0) is 4.74 Å². The number of rotatable bonds is 7. The third kappa shape index (κ3) is 4.45. The maximum Gasteiger partial charge on any atom is 0.341 e. The number of hydrogen-bond acceptors (Lipinski definition) is 6. The summed E-state index contributed by atoms with van der Waals surface area (Å²) in [4.78, 5) is 22.0. The number of aryl methyl sites for hydroxylation is 1. The SMILES string of the molecule is COC(=O)c1cc(C)ccc1OCCOc1cccc([N+](=O)[O-])c1. The highest BCUT2D eigenvalue weighted by molar-refractivity contribution is 5.92. The van der Waals surface area contributed by atoms with Gasteiger partial charge in [-0.3, -0.25) is 10.1 Å². The molecule has 7 heteroatoms. The van der Waals surface area contributed by atoms with Crippen LogP contribution in [0, 0.1) is 17.0 Å².